The van der Waals surface area contributed by atoms with E-state index >= 15 is 0 Å². The number of para-hydroxylation sites is 1. The van der Waals surface area contributed by atoms with Crippen LogP contribution in [0, 0.1) is 0 Å². The summed E-state index contributed by atoms with van der Waals surface area (Å²) in [5, 5.41) is 1.42. The summed E-state index contributed by atoms with van der Waals surface area (Å²) in [6, 6.07) is 15.9. The summed E-state index contributed by atoms with van der Waals surface area (Å²) in [7, 11) is 0. The normalized spacial score (nSPS) is 10.4. The van der Waals surface area contributed by atoms with Gasteiger partial charge in [0.2, 0.25) is 0 Å². The van der Waals surface area contributed by atoms with Crippen LogP contribution in [0.4, 0.5) is 0 Å². The first-order valence-electron chi connectivity index (χ1n) is 6.05. The molecule has 0 unspecified atom stereocenters. The lowest BCUT2D eigenvalue weighted by molar-refractivity contribution is 0.0737. The number of hydrogen-bond donors (Lipinski definition) is 0. The fraction of sp³-hybridized carbons (Fsp3) is 0. The van der Waals surface area contributed by atoms with Gasteiger partial charge in [0.25, 0.3) is 0 Å². The maximum absolute atomic E-state index is 12.1. The summed E-state index contributed by atoms with van der Waals surface area (Å²) in [5.74, 6) is -0.0151. The van der Waals surface area contributed by atoms with Crippen molar-refractivity contribution in [2.45, 2.75) is 0 Å². The molecule has 0 saturated carbocycles. The molecule has 3 aromatic rings. The van der Waals surface area contributed by atoms with Gasteiger partial charge in [-0.05, 0) is 30.3 Å². The summed E-state index contributed by atoms with van der Waals surface area (Å²) in [6.45, 7) is 0. The Morgan fingerprint density at radius 3 is 2.70 bits per heavy atom. The van der Waals surface area contributed by atoms with Gasteiger partial charge in [-0.2, -0.15) is 0 Å². The molecule has 3 nitrogen and oxygen atoms in total. The maximum atomic E-state index is 12.1. The number of fused-ring (bicyclic) bond motifs is 1. The van der Waals surface area contributed by atoms with Gasteiger partial charge in [-0.1, -0.05) is 35.9 Å². The highest BCUT2D eigenvalue weighted by atomic mass is 35.5. The van der Waals surface area contributed by atoms with Gasteiger partial charge in [-0.25, -0.2) is 4.79 Å². The first-order chi connectivity index (χ1) is 9.74. The average molecular weight is 284 g/mol. The first kappa shape index (κ1) is 12.6. The van der Waals surface area contributed by atoms with Crippen molar-refractivity contribution < 1.29 is 9.53 Å². The number of ether oxygens (including phenoxy) is 1. The standard InChI is InChI=1S/C16H10ClNO2/c17-13-7-1-5-12(10-13)16(19)20-14-8-2-4-11-6-3-9-18-15(11)14/h1-10H. The predicted octanol–water partition coefficient (Wildman–Crippen LogP) is 4.11. The van der Waals surface area contributed by atoms with Gasteiger partial charge >= 0.3 is 5.97 Å². The molecule has 0 aliphatic rings. The molecule has 0 fully saturated rings. The molecule has 0 radical (unpaired) electrons. The van der Waals surface area contributed by atoms with E-state index in [2.05, 4.69) is 4.98 Å². The number of carbonyl (C=O) groups is 1. The molecule has 0 amide bonds. The minimum Gasteiger partial charge on any atom is -0.421 e. The lowest BCUT2D eigenvalue weighted by Crippen LogP contribution is -2.08. The second kappa shape index (κ2) is 5.31. The molecule has 0 aliphatic heterocycles. The van der Waals surface area contributed by atoms with E-state index in [1.54, 1.807) is 36.5 Å². The summed E-state index contributed by atoms with van der Waals surface area (Å²) < 4.78 is 5.41. The van der Waals surface area contributed by atoms with Gasteiger partial charge in [0, 0.05) is 16.6 Å². The fourth-order valence-electron chi connectivity index (χ4n) is 1.93. The molecule has 0 spiro atoms. The molecule has 20 heavy (non-hydrogen) atoms. The zero-order chi connectivity index (χ0) is 13.9. The van der Waals surface area contributed by atoms with Crippen molar-refractivity contribution in [3.8, 4) is 5.75 Å². The van der Waals surface area contributed by atoms with Gasteiger partial charge < -0.3 is 4.74 Å². The molecule has 0 aliphatic carbocycles. The number of pyridine rings is 1. The topological polar surface area (TPSA) is 39.2 Å². The van der Waals surface area contributed by atoms with Crippen LogP contribution in [-0.4, -0.2) is 11.0 Å². The van der Waals surface area contributed by atoms with Crippen molar-refractivity contribution in [2.24, 2.45) is 0 Å². The lowest BCUT2D eigenvalue weighted by atomic mass is 10.2. The maximum Gasteiger partial charge on any atom is 0.343 e. The molecule has 2 aromatic carbocycles. The molecule has 1 heterocycles. The van der Waals surface area contributed by atoms with Crippen molar-refractivity contribution >= 4 is 28.5 Å². The van der Waals surface area contributed by atoms with Gasteiger partial charge in [0.05, 0.1) is 5.56 Å². The van der Waals surface area contributed by atoms with Crippen LogP contribution < -0.4 is 4.74 Å². The lowest BCUT2D eigenvalue weighted by Gasteiger charge is -2.07. The van der Waals surface area contributed by atoms with Gasteiger partial charge in [-0.15, -0.1) is 0 Å². The van der Waals surface area contributed by atoms with Crippen LogP contribution in [0.3, 0.4) is 0 Å². The van der Waals surface area contributed by atoms with E-state index in [0.29, 0.717) is 21.9 Å². The Balaban J connectivity index is 1.95. The Labute approximate surface area is 120 Å². The van der Waals surface area contributed by atoms with E-state index in [1.807, 2.05) is 24.3 Å². The van der Waals surface area contributed by atoms with Crippen LogP contribution >= 0.6 is 11.6 Å². The third-order valence-corrected chi connectivity index (χ3v) is 3.09. The number of halogens is 1. The molecule has 3 rings (SSSR count). The number of carbonyl (C=O) groups excluding carboxylic acids is 1. The summed E-state index contributed by atoms with van der Waals surface area (Å²) in [5.41, 5.74) is 1.07. The third kappa shape index (κ3) is 2.49. The van der Waals surface area contributed by atoms with Crippen molar-refractivity contribution in [2.75, 3.05) is 0 Å². The molecule has 4 heteroatoms. The largest absolute Gasteiger partial charge is 0.421 e. The van der Waals surface area contributed by atoms with Crippen LogP contribution in [0.5, 0.6) is 5.75 Å². The summed E-state index contributed by atoms with van der Waals surface area (Å²) in [4.78, 5) is 16.3. The van der Waals surface area contributed by atoms with Crippen molar-refractivity contribution in [1.82, 2.24) is 4.98 Å². The number of nitrogens with zero attached hydrogens (tertiary/aromatic N) is 1. The zero-order valence-electron chi connectivity index (χ0n) is 10.4. The summed E-state index contributed by atoms with van der Waals surface area (Å²) in [6.07, 6.45) is 1.67. The number of rotatable bonds is 2. The molecule has 0 atom stereocenters. The highest BCUT2D eigenvalue weighted by Crippen LogP contribution is 2.24. The second-order valence-corrected chi connectivity index (χ2v) is 4.67. The summed E-state index contributed by atoms with van der Waals surface area (Å²) >= 11 is 5.87. The molecule has 98 valence electrons. The SMILES string of the molecule is O=C(Oc1cccc2cccnc12)c1cccc(Cl)c1. The van der Waals surface area contributed by atoms with E-state index < -0.39 is 5.97 Å². The van der Waals surface area contributed by atoms with E-state index in [-0.39, 0.29) is 0 Å². The highest BCUT2D eigenvalue weighted by molar-refractivity contribution is 6.30. The van der Waals surface area contributed by atoms with E-state index in [4.69, 9.17) is 16.3 Å². The van der Waals surface area contributed by atoms with Crippen LogP contribution in [0.25, 0.3) is 10.9 Å². The van der Waals surface area contributed by atoms with Crippen LogP contribution in [-0.2, 0) is 0 Å². The average Bonchev–Trinajstić information content (AvgIpc) is 2.47. The predicted molar refractivity (Wildman–Crippen MR) is 78.2 cm³/mol. The minimum absolute atomic E-state index is 0.408. The Morgan fingerprint density at radius 1 is 1.05 bits per heavy atom. The highest BCUT2D eigenvalue weighted by Gasteiger charge is 2.11. The molecule has 0 saturated heterocycles. The van der Waals surface area contributed by atoms with Crippen LogP contribution in [0.2, 0.25) is 5.02 Å². The first-order valence-corrected chi connectivity index (χ1v) is 6.43. The van der Waals surface area contributed by atoms with Crippen LogP contribution in [0.15, 0.2) is 60.8 Å². The van der Waals surface area contributed by atoms with Crippen molar-refractivity contribution in [1.29, 1.82) is 0 Å². The molecule has 0 N–H and O–H groups in total. The fourth-order valence-corrected chi connectivity index (χ4v) is 2.12. The smallest absolute Gasteiger partial charge is 0.343 e. The Bertz CT molecular complexity index is 781. The Kier molecular flexibility index (Phi) is 3.35. The third-order valence-electron chi connectivity index (χ3n) is 2.86. The van der Waals surface area contributed by atoms with Crippen molar-refractivity contribution in [3.05, 3.63) is 71.4 Å². The quantitative estimate of drug-likeness (QED) is 0.525. The number of esters is 1. The van der Waals surface area contributed by atoms with Gasteiger partial charge in [0.1, 0.15) is 5.52 Å². The van der Waals surface area contributed by atoms with E-state index in [1.165, 1.54) is 0 Å². The molecule has 1 aromatic heterocycles. The molecular weight excluding hydrogens is 274 g/mol. The van der Waals surface area contributed by atoms with Crippen molar-refractivity contribution in [3.63, 3.8) is 0 Å². The van der Waals surface area contributed by atoms with E-state index in [9.17, 15) is 4.79 Å². The Morgan fingerprint density at radius 2 is 1.85 bits per heavy atom. The molecule has 0 bridgehead atoms. The Hall–Kier alpha value is -2.39. The number of benzene rings is 2. The van der Waals surface area contributed by atoms with Gasteiger partial charge in [0.15, 0.2) is 5.75 Å². The number of hydrogen-bond acceptors (Lipinski definition) is 3. The minimum atomic E-state index is -0.453. The zero-order valence-corrected chi connectivity index (χ0v) is 11.2. The molecular formula is C16H10ClNO2. The number of aromatic nitrogens is 1. The second-order valence-electron chi connectivity index (χ2n) is 4.23. The monoisotopic (exact) mass is 283 g/mol. The van der Waals surface area contributed by atoms with Gasteiger partial charge in [-0.3, -0.25) is 4.98 Å². The van der Waals surface area contributed by atoms with E-state index in [0.717, 1.165) is 5.39 Å². The van der Waals surface area contributed by atoms with Crippen LogP contribution in [0.1, 0.15) is 10.4 Å².